The van der Waals surface area contributed by atoms with Crippen LogP contribution in [0.25, 0.3) is 0 Å². The van der Waals surface area contributed by atoms with Crippen molar-refractivity contribution in [3.63, 3.8) is 0 Å². The molecule has 0 bridgehead atoms. The van der Waals surface area contributed by atoms with Gasteiger partial charge in [0.05, 0.1) is 12.6 Å². The van der Waals surface area contributed by atoms with E-state index in [1.54, 1.807) is 14.1 Å². The number of rotatable bonds is 6. The molecule has 0 aliphatic rings. The van der Waals surface area contributed by atoms with Crippen molar-refractivity contribution in [3.05, 3.63) is 0 Å². The summed E-state index contributed by atoms with van der Waals surface area (Å²) in [7, 11) is 3.37. The first kappa shape index (κ1) is 17.7. The van der Waals surface area contributed by atoms with Crippen molar-refractivity contribution in [2.75, 3.05) is 20.7 Å². The quantitative estimate of drug-likeness (QED) is 0.710. The van der Waals surface area contributed by atoms with Gasteiger partial charge in [0.15, 0.2) is 0 Å². The third kappa shape index (κ3) is 9.30. The highest BCUT2D eigenvalue weighted by atomic mass is 16.5. The summed E-state index contributed by atoms with van der Waals surface area (Å²) in [5.41, 5.74) is 5.44. The van der Waals surface area contributed by atoms with Crippen molar-refractivity contribution in [2.45, 2.75) is 51.6 Å². The maximum absolute atomic E-state index is 11.5. The minimum absolute atomic E-state index is 0.0774. The average molecular weight is 273 g/mol. The maximum Gasteiger partial charge on any atom is 0.407 e. The highest BCUT2D eigenvalue weighted by Gasteiger charge is 2.16. The number of amides is 2. The predicted molar refractivity (Wildman–Crippen MR) is 74.8 cm³/mol. The number of carbonyl (C=O) groups is 2. The van der Waals surface area contributed by atoms with Crippen molar-refractivity contribution in [2.24, 2.45) is 5.73 Å². The SMILES string of the molecule is CN(C)C(=O)[C@@H](N)CCCCOC(=O)NC(C)(C)C. The second-order valence-electron chi connectivity index (χ2n) is 5.85. The van der Waals surface area contributed by atoms with Gasteiger partial charge in [-0.15, -0.1) is 0 Å². The van der Waals surface area contributed by atoms with Crippen molar-refractivity contribution in [1.82, 2.24) is 10.2 Å². The minimum atomic E-state index is -0.474. The highest BCUT2D eigenvalue weighted by molar-refractivity contribution is 5.81. The smallest absolute Gasteiger partial charge is 0.407 e. The molecule has 0 radical (unpaired) electrons. The summed E-state index contributed by atoms with van der Waals surface area (Å²) >= 11 is 0. The summed E-state index contributed by atoms with van der Waals surface area (Å²) in [6.07, 6.45) is 1.64. The lowest BCUT2D eigenvalue weighted by Crippen LogP contribution is -2.41. The van der Waals surface area contributed by atoms with E-state index in [0.717, 1.165) is 6.42 Å². The molecule has 0 unspecified atom stereocenters. The van der Waals surface area contributed by atoms with E-state index in [9.17, 15) is 9.59 Å². The maximum atomic E-state index is 11.5. The van der Waals surface area contributed by atoms with Gasteiger partial charge in [0.1, 0.15) is 0 Å². The average Bonchev–Trinajstić information content (AvgIpc) is 2.24. The molecule has 19 heavy (non-hydrogen) atoms. The Morgan fingerprint density at radius 2 is 1.84 bits per heavy atom. The summed E-state index contributed by atoms with van der Waals surface area (Å²) in [5, 5.41) is 2.71. The van der Waals surface area contributed by atoms with Crippen molar-refractivity contribution >= 4 is 12.0 Å². The van der Waals surface area contributed by atoms with Gasteiger partial charge in [-0.1, -0.05) is 0 Å². The van der Waals surface area contributed by atoms with E-state index in [2.05, 4.69) is 5.32 Å². The van der Waals surface area contributed by atoms with E-state index in [1.807, 2.05) is 20.8 Å². The minimum Gasteiger partial charge on any atom is -0.450 e. The molecule has 6 heteroatoms. The van der Waals surface area contributed by atoms with Crippen LogP contribution in [0.5, 0.6) is 0 Å². The summed E-state index contributed by atoms with van der Waals surface area (Å²) in [4.78, 5) is 24.3. The lowest BCUT2D eigenvalue weighted by atomic mass is 10.1. The molecular formula is C13H27N3O3. The molecule has 0 aliphatic carbocycles. The molecule has 112 valence electrons. The first-order valence-electron chi connectivity index (χ1n) is 6.55. The number of unbranched alkanes of at least 4 members (excludes halogenated alkanes) is 1. The van der Waals surface area contributed by atoms with Crippen LogP contribution < -0.4 is 11.1 Å². The number of nitrogens with two attached hydrogens (primary N) is 1. The third-order valence-electron chi connectivity index (χ3n) is 2.38. The first-order valence-corrected chi connectivity index (χ1v) is 6.55. The van der Waals surface area contributed by atoms with Crippen molar-refractivity contribution in [3.8, 4) is 0 Å². The van der Waals surface area contributed by atoms with Crippen LogP contribution in [-0.4, -0.2) is 49.2 Å². The van der Waals surface area contributed by atoms with Gasteiger partial charge in [0, 0.05) is 19.6 Å². The molecule has 0 aromatic carbocycles. The van der Waals surface area contributed by atoms with Gasteiger partial charge in [-0.2, -0.15) is 0 Å². The summed E-state index contributed by atoms with van der Waals surface area (Å²) in [6, 6.07) is -0.474. The Labute approximate surface area is 115 Å². The number of alkyl carbamates (subject to hydrolysis) is 1. The predicted octanol–water partition coefficient (Wildman–Crippen LogP) is 1.10. The number of nitrogens with one attached hydrogen (secondary N) is 1. The van der Waals surface area contributed by atoms with E-state index in [1.165, 1.54) is 4.90 Å². The lowest BCUT2D eigenvalue weighted by Gasteiger charge is -2.20. The summed E-state index contributed by atoms with van der Waals surface area (Å²) in [6.45, 7) is 6.01. The third-order valence-corrected chi connectivity index (χ3v) is 2.38. The molecule has 0 saturated heterocycles. The van der Waals surface area contributed by atoms with Crippen molar-refractivity contribution in [1.29, 1.82) is 0 Å². The molecule has 0 aromatic heterocycles. The molecule has 0 aromatic rings. The molecule has 6 nitrogen and oxygen atoms in total. The van der Waals surface area contributed by atoms with Crippen LogP contribution in [-0.2, 0) is 9.53 Å². The Kier molecular flexibility index (Phi) is 7.44. The molecule has 0 heterocycles. The van der Waals surface area contributed by atoms with E-state index >= 15 is 0 Å². The fourth-order valence-corrected chi connectivity index (χ4v) is 1.43. The topological polar surface area (TPSA) is 84.7 Å². The second-order valence-corrected chi connectivity index (χ2v) is 5.85. The highest BCUT2D eigenvalue weighted by Crippen LogP contribution is 2.03. The zero-order valence-corrected chi connectivity index (χ0v) is 12.7. The van der Waals surface area contributed by atoms with E-state index in [0.29, 0.717) is 19.4 Å². The Morgan fingerprint density at radius 3 is 2.32 bits per heavy atom. The fourth-order valence-electron chi connectivity index (χ4n) is 1.43. The van der Waals surface area contributed by atoms with Gasteiger partial charge in [-0.05, 0) is 40.0 Å². The van der Waals surface area contributed by atoms with Gasteiger partial charge in [0.25, 0.3) is 0 Å². The van der Waals surface area contributed by atoms with Gasteiger partial charge in [-0.3, -0.25) is 4.79 Å². The van der Waals surface area contributed by atoms with Crippen LogP contribution in [0.2, 0.25) is 0 Å². The number of ether oxygens (including phenoxy) is 1. The molecule has 2 amide bonds. The molecular weight excluding hydrogens is 246 g/mol. The Bertz CT molecular complexity index is 298. The van der Waals surface area contributed by atoms with E-state index in [4.69, 9.17) is 10.5 Å². The second kappa shape index (κ2) is 7.99. The Balaban J connectivity index is 3.66. The van der Waals surface area contributed by atoms with Crippen LogP contribution >= 0.6 is 0 Å². The number of carbonyl (C=O) groups excluding carboxylic acids is 2. The van der Waals surface area contributed by atoms with Crippen LogP contribution in [0.15, 0.2) is 0 Å². The largest absolute Gasteiger partial charge is 0.450 e. The summed E-state index contributed by atoms with van der Waals surface area (Å²) < 4.78 is 5.02. The van der Waals surface area contributed by atoms with Crippen LogP contribution in [0, 0.1) is 0 Å². The van der Waals surface area contributed by atoms with E-state index < -0.39 is 12.1 Å². The normalized spacial score (nSPS) is 12.7. The fraction of sp³-hybridized carbons (Fsp3) is 0.846. The molecule has 0 fully saturated rings. The van der Waals surface area contributed by atoms with Gasteiger partial charge in [-0.25, -0.2) is 4.79 Å². The molecule has 0 saturated carbocycles. The first-order chi connectivity index (χ1) is 8.63. The van der Waals surface area contributed by atoms with Gasteiger partial charge in [0.2, 0.25) is 5.91 Å². The van der Waals surface area contributed by atoms with Crippen molar-refractivity contribution < 1.29 is 14.3 Å². The standard InChI is InChI=1S/C13H27N3O3/c1-13(2,3)15-12(18)19-9-7-6-8-10(14)11(17)16(4)5/h10H,6-9,14H2,1-5H3,(H,15,18)/t10-/m0/s1. The zero-order valence-electron chi connectivity index (χ0n) is 12.7. The van der Waals surface area contributed by atoms with Crippen LogP contribution in [0.1, 0.15) is 40.0 Å². The summed E-state index contributed by atoms with van der Waals surface area (Å²) in [5.74, 6) is -0.0774. The molecule has 0 aliphatic heterocycles. The monoisotopic (exact) mass is 273 g/mol. The Morgan fingerprint density at radius 1 is 1.26 bits per heavy atom. The molecule has 1 atom stereocenters. The van der Waals surface area contributed by atoms with E-state index in [-0.39, 0.29) is 11.4 Å². The number of hydrogen-bond acceptors (Lipinski definition) is 4. The Hall–Kier alpha value is -1.30. The van der Waals surface area contributed by atoms with Gasteiger partial charge < -0.3 is 20.7 Å². The molecule has 0 rings (SSSR count). The molecule has 0 spiro atoms. The number of likely N-dealkylation sites (N-methyl/N-ethyl adjacent to an activating group) is 1. The number of hydrogen-bond donors (Lipinski definition) is 2. The van der Waals surface area contributed by atoms with Gasteiger partial charge >= 0.3 is 6.09 Å². The number of nitrogens with zero attached hydrogens (tertiary/aromatic N) is 1. The van der Waals surface area contributed by atoms with Crippen LogP contribution in [0.3, 0.4) is 0 Å². The lowest BCUT2D eigenvalue weighted by molar-refractivity contribution is -0.130. The van der Waals surface area contributed by atoms with Crippen LogP contribution in [0.4, 0.5) is 4.79 Å². The molecule has 3 N–H and O–H groups in total. The zero-order chi connectivity index (χ0) is 15.1.